The molecule has 43 heavy (non-hydrogen) atoms. The highest BCUT2D eigenvalue weighted by Gasteiger charge is 2.63. The molecule has 238 valence electrons. The summed E-state index contributed by atoms with van der Waals surface area (Å²) < 4.78 is 0. The molecule has 0 saturated heterocycles. The Morgan fingerprint density at radius 2 is 1.77 bits per heavy atom. The van der Waals surface area contributed by atoms with Crippen molar-refractivity contribution >= 4 is 23.5 Å². The van der Waals surface area contributed by atoms with Gasteiger partial charge in [0.05, 0.1) is 5.71 Å². The zero-order valence-corrected chi connectivity index (χ0v) is 26.7. The molecule has 4 rings (SSSR count). The van der Waals surface area contributed by atoms with Gasteiger partial charge in [0.1, 0.15) is 17.7 Å². The number of carbonyl (C=O) groups excluding carboxylic acids is 2. The van der Waals surface area contributed by atoms with Crippen LogP contribution in [-0.2, 0) is 19.2 Å². The van der Waals surface area contributed by atoms with Crippen LogP contribution in [0, 0.1) is 52.8 Å². The molecule has 0 unspecified atom stereocenters. The molecular formula is C34H51N3O6. The van der Waals surface area contributed by atoms with Gasteiger partial charge in [-0.1, -0.05) is 58.2 Å². The Balaban J connectivity index is 1.35. The number of amides is 2. The van der Waals surface area contributed by atoms with Gasteiger partial charge in [-0.2, -0.15) is 0 Å². The molecule has 0 bridgehead atoms. The number of carbonyl (C=O) groups is 3. The molecule has 0 aromatic heterocycles. The normalized spacial score (nSPS) is 35.6. The molecule has 0 aromatic carbocycles. The van der Waals surface area contributed by atoms with Gasteiger partial charge in [0.25, 0.3) is 5.91 Å². The number of aliphatic hydroxyl groups is 1. The van der Waals surface area contributed by atoms with Gasteiger partial charge in [0, 0.05) is 5.41 Å². The molecule has 0 radical (unpaired) electrons. The molecule has 0 spiro atoms. The molecule has 0 aliphatic heterocycles. The van der Waals surface area contributed by atoms with Gasteiger partial charge in [-0.05, 0) is 98.9 Å². The maximum Gasteiger partial charge on any atom is 0.326 e. The standard InChI is InChI=1S/C34H51N3O6/c1-8-34(42)16-13-26-24-10-9-22-18-23(11-14-32(22,6)25(24)12-15-33(26,34)7)37-43-19-28(38)36-29(21(4)5)30(39)35-27(31(40)41)17-20(2)3/h1,18,20-21,24-27,29,42H,9-17,19H2,2-7H3,(H,35,39)(H,36,38)(H,40,41)/b37-23-/t24-,25+,26+,27+,29+,32+,33+,34-/m1/s1. The van der Waals surface area contributed by atoms with E-state index in [1.54, 1.807) is 13.8 Å². The molecule has 4 aliphatic rings. The van der Waals surface area contributed by atoms with Crippen LogP contribution in [-0.4, -0.2) is 58.0 Å². The number of nitrogens with one attached hydrogen (secondary N) is 2. The van der Waals surface area contributed by atoms with E-state index in [0.29, 0.717) is 30.6 Å². The lowest BCUT2D eigenvalue weighted by molar-refractivity contribution is -0.143. The predicted molar refractivity (Wildman–Crippen MR) is 165 cm³/mol. The molecule has 4 aliphatic carbocycles. The smallest absolute Gasteiger partial charge is 0.326 e. The molecule has 0 heterocycles. The van der Waals surface area contributed by atoms with Crippen LogP contribution in [0.3, 0.4) is 0 Å². The van der Waals surface area contributed by atoms with Crippen molar-refractivity contribution in [2.24, 2.45) is 45.6 Å². The Kier molecular flexibility index (Phi) is 9.71. The van der Waals surface area contributed by atoms with Crippen molar-refractivity contribution in [3.05, 3.63) is 11.6 Å². The summed E-state index contributed by atoms with van der Waals surface area (Å²) in [6.45, 7) is 11.6. The summed E-state index contributed by atoms with van der Waals surface area (Å²) in [5, 5.41) is 30.2. The number of carboxylic acids is 1. The fourth-order valence-corrected chi connectivity index (χ4v) is 8.77. The van der Waals surface area contributed by atoms with Gasteiger partial charge < -0.3 is 25.7 Å². The summed E-state index contributed by atoms with van der Waals surface area (Å²) in [5.41, 5.74) is 1.09. The van der Waals surface area contributed by atoms with E-state index in [1.807, 2.05) is 13.8 Å². The second-order valence-corrected chi connectivity index (χ2v) is 14.7. The topological polar surface area (TPSA) is 137 Å². The van der Waals surface area contributed by atoms with Crippen molar-refractivity contribution in [2.75, 3.05) is 6.61 Å². The van der Waals surface area contributed by atoms with E-state index in [0.717, 1.165) is 50.7 Å². The number of allylic oxidation sites excluding steroid dienone is 2. The summed E-state index contributed by atoms with van der Waals surface area (Å²) in [6, 6.07) is -1.91. The lowest BCUT2D eigenvalue weighted by Crippen LogP contribution is -2.54. The molecule has 0 aromatic rings. The Morgan fingerprint density at radius 1 is 1.07 bits per heavy atom. The minimum absolute atomic E-state index is 0.0821. The molecule has 9 heteroatoms. The first-order valence-electron chi connectivity index (χ1n) is 16.1. The number of carboxylic acid groups (broad SMARTS) is 1. The highest BCUT2D eigenvalue weighted by atomic mass is 16.6. The highest BCUT2D eigenvalue weighted by Crippen LogP contribution is 2.67. The van der Waals surface area contributed by atoms with Crippen LogP contribution in [0.2, 0.25) is 0 Å². The van der Waals surface area contributed by atoms with Crippen LogP contribution < -0.4 is 10.6 Å². The summed E-state index contributed by atoms with van der Waals surface area (Å²) >= 11 is 0. The average molecular weight is 598 g/mol. The number of nitrogens with zero attached hydrogens (tertiary/aromatic N) is 1. The number of terminal acetylenes is 1. The lowest BCUT2D eigenvalue weighted by atomic mass is 9.46. The number of oxime groups is 1. The zero-order valence-electron chi connectivity index (χ0n) is 26.7. The second-order valence-electron chi connectivity index (χ2n) is 14.7. The molecule has 3 fully saturated rings. The number of hydrogen-bond acceptors (Lipinski definition) is 6. The molecule has 8 atom stereocenters. The van der Waals surface area contributed by atoms with Gasteiger partial charge in [-0.3, -0.25) is 9.59 Å². The summed E-state index contributed by atoms with van der Waals surface area (Å²) in [6.07, 6.45) is 15.8. The van der Waals surface area contributed by atoms with Gasteiger partial charge in [-0.25, -0.2) is 4.79 Å². The first-order valence-corrected chi connectivity index (χ1v) is 16.1. The first-order chi connectivity index (χ1) is 20.1. The minimum atomic E-state index is -1.10. The zero-order chi connectivity index (χ0) is 31.7. The maximum atomic E-state index is 12.8. The molecule has 9 nitrogen and oxygen atoms in total. The lowest BCUT2D eigenvalue weighted by Gasteiger charge is -2.58. The average Bonchev–Trinajstić information content (AvgIpc) is 3.21. The summed E-state index contributed by atoms with van der Waals surface area (Å²) in [7, 11) is 0. The fraction of sp³-hybridized carbons (Fsp3) is 0.765. The van der Waals surface area contributed by atoms with E-state index >= 15 is 0 Å². The molecule has 3 saturated carbocycles. The molecular weight excluding hydrogens is 546 g/mol. The van der Waals surface area contributed by atoms with E-state index in [1.165, 1.54) is 5.57 Å². The van der Waals surface area contributed by atoms with Crippen molar-refractivity contribution in [1.29, 1.82) is 0 Å². The fourth-order valence-electron chi connectivity index (χ4n) is 8.77. The van der Waals surface area contributed by atoms with Gasteiger partial charge in [0.2, 0.25) is 5.91 Å². The van der Waals surface area contributed by atoms with Crippen LogP contribution in [0.15, 0.2) is 16.8 Å². The van der Waals surface area contributed by atoms with Gasteiger partial charge >= 0.3 is 5.97 Å². The molecule has 4 N–H and O–H groups in total. The van der Waals surface area contributed by atoms with Crippen molar-refractivity contribution < 1.29 is 29.4 Å². The number of fused-ring (bicyclic) bond motifs is 5. The summed E-state index contributed by atoms with van der Waals surface area (Å²) in [4.78, 5) is 42.6. The third kappa shape index (κ3) is 6.36. The van der Waals surface area contributed by atoms with E-state index in [-0.39, 0.29) is 29.3 Å². The third-order valence-electron chi connectivity index (χ3n) is 11.3. The Labute approximate surface area is 256 Å². The van der Waals surface area contributed by atoms with Crippen molar-refractivity contribution in [3.8, 4) is 12.3 Å². The van der Waals surface area contributed by atoms with Crippen molar-refractivity contribution in [3.63, 3.8) is 0 Å². The van der Waals surface area contributed by atoms with Gasteiger partial charge in [0.15, 0.2) is 6.61 Å². The van der Waals surface area contributed by atoms with Crippen LogP contribution >= 0.6 is 0 Å². The van der Waals surface area contributed by atoms with Crippen LogP contribution in [0.4, 0.5) is 0 Å². The summed E-state index contributed by atoms with van der Waals surface area (Å²) in [5.74, 6) is 2.04. The first kappa shape index (κ1) is 33.0. The van der Waals surface area contributed by atoms with E-state index in [4.69, 9.17) is 11.3 Å². The van der Waals surface area contributed by atoms with Crippen LogP contribution in [0.1, 0.15) is 99.3 Å². The predicted octanol–water partition coefficient (Wildman–Crippen LogP) is 4.44. The largest absolute Gasteiger partial charge is 0.480 e. The molecule has 2 amide bonds. The van der Waals surface area contributed by atoms with E-state index in [2.05, 4.69) is 41.6 Å². The Morgan fingerprint density at radius 3 is 2.40 bits per heavy atom. The minimum Gasteiger partial charge on any atom is -0.480 e. The van der Waals surface area contributed by atoms with E-state index in [9.17, 15) is 24.6 Å². The van der Waals surface area contributed by atoms with Crippen LogP contribution in [0.25, 0.3) is 0 Å². The van der Waals surface area contributed by atoms with Gasteiger partial charge in [-0.15, -0.1) is 6.42 Å². The number of aliphatic carboxylic acids is 1. The monoisotopic (exact) mass is 597 g/mol. The third-order valence-corrected chi connectivity index (χ3v) is 11.3. The van der Waals surface area contributed by atoms with Crippen molar-refractivity contribution in [1.82, 2.24) is 10.6 Å². The number of rotatable bonds is 10. The highest BCUT2D eigenvalue weighted by molar-refractivity contribution is 5.96. The second kappa shape index (κ2) is 12.6. The maximum absolute atomic E-state index is 12.8. The number of hydrogen-bond donors (Lipinski definition) is 4. The van der Waals surface area contributed by atoms with E-state index < -0.39 is 35.5 Å². The van der Waals surface area contributed by atoms with Crippen LogP contribution in [0.5, 0.6) is 0 Å². The van der Waals surface area contributed by atoms with Crippen molar-refractivity contribution in [2.45, 2.75) is 117 Å². The Bertz CT molecular complexity index is 1200. The Hall–Kier alpha value is -2.86. The SMILES string of the molecule is C#C[C@@]1(O)CC[C@H]2[C@@H]3CCC4=C/C(=N\OCC(=O)N[C@H](C(=O)N[C@@H](CC(C)C)C(=O)O)C(C)C)CC[C@]4(C)[C@H]3CC[C@@]21C. The quantitative estimate of drug-likeness (QED) is 0.217.